The molecule has 0 radical (unpaired) electrons. The van der Waals surface area contributed by atoms with E-state index in [4.69, 9.17) is 5.11 Å². The van der Waals surface area contributed by atoms with Crippen molar-refractivity contribution in [3.63, 3.8) is 0 Å². The van der Waals surface area contributed by atoms with Gasteiger partial charge in [-0.2, -0.15) is 0 Å². The summed E-state index contributed by atoms with van der Waals surface area (Å²) in [7, 11) is 0. The Bertz CT molecular complexity index is 529. The zero-order chi connectivity index (χ0) is 11.5. The third-order valence-corrected chi connectivity index (χ3v) is 2.83. The number of aliphatic carboxylic acids is 1. The standard InChI is InChI=1S/C14H14O2/c1-2-10-5-3-8-13-11(9-14(15)16)6-4-7-12(10)13/h3-8H,2,9H2,1H3,(H,15,16). The zero-order valence-electron chi connectivity index (χ0n) is 9.23. The Labute approximate surface area is 94.5 Å². The summed E-state index contributed by atoms with van der Waals surface area (Å²) in [6.45, 7) is 2.11. The fourth-order valence-corrected chi connectivity index (χ4v) is 2.07. The lowest BCUT2D eigenvalue weighted by Gasteiger charge is -2.07. The van der Waals surface area contributed by atoms with Gasteiger partial charge in [-0.15, -0.1) is 0 Å². The number of fused-ring (bicyclic) bond motifs is 1. The summed E-state index contributed by atoms with van der Waals surface area (Å²) < 4.78 is 0. The molecule has 0 heterocycles. The molecule has 0 aromatic heterocycles. The smallest absolute Gasteiger partial charge is 0.307 e. The zero-order valence-corrected chi connectivity index (χ0v) is 9.23. The van der Waals surface area contributed by atoms with Crippen molar-refractivity contribution in [1.82, 2.24) is 0 Å². The van der Waals surface area contributed by atoms with E-state index >= 15 is 0 Å². The second kappa shape index (κ2) is 4.35. The summed E-state index contributed by atoms with van der Waals surface area (Å²) in [5.74, 6) is -0.783. The van der Waals surface area contributed by atoms with E-state index in [0.29, 0.717) is 0 Å². The number of carboxylic acids is 1. The molecule has 2 heteroatoms. The molecule has 16 heavy (non-hydrogen) atoms. The van der Waals surface area contributed by atoms with Crippen LogP contribution in [0.5, 0.6) is 0 Å². The van der Waals surface area contributed by atoms with E-state index in [2.05, 4.69) is 19.1 Å². The molecule has 2 aromatic rings. The van der Waals surface area contributed by atoms with Gasteiger partial charge < -0.3 is 5.11 Å². The molecule has 0 bridgehead atoms. The average molecular weight is 214 g/mol. The Hall–Kier alpha value is -1.83. The fraction of sp³-hybridized carbons (Fsp3) is 0.214. The summed E-state index contributed by atoms with van der Waals surface area (Å²) in [5, 5.41) is 11.1. The van der Waals surface area contributed by atoms with Crippen LogP contribution in [0.4, 0.5) is 0 Å². The number of rotatable bonds is 3. The quantitative estimate of drug-likeness (QED) is 0.852. The van der Waals surface area contributed by atoms with Gasteiger partial charge in [0.15, 0.2) is 0 Å². The SMILES string of the molecule is CCc1cccc2c(CC(=O)O)cccc12. The molecule has 0 saturated carbocycles. The number of hydrogen-bond donors (Lipinski definition) is 1. The molecule has 0 aliphatic carbocycles. The minimum Gasteiger partial charge on any atom is -0.481 e. The summed E-state index contributed by atoms with van der Waals surface area (Å²) >= 11 is 0. The number of hydrogen-bond acceptors (Lipinski definition) is 1. The summed E-state index contributed by atoms with van der Waals surface area (Å²) in [5.41, 5.74) is 2.16. The molecule has 0 saturated heterocycles. The van der Waals surface area contributed by atoms with Gasteiger partial charge >= 0.3 is 5.97 Å². The van der Waals surface area contributed by atoms with Crippen LogP contribution in [0.25, 0.3) is 10.8 Å². The number of benzene rings is 2. The van der Waals surface area contributed by atoms with Crippen LogP contribution in [-0.4, -0.2) is 11.1 Å². The highest BCUT2D eigenvalue weighted by Gasteiger charge is 2.06. The highest BCUT2D eigenvalue weighted by molar-refractivity contribution is 5.91. The van der Waals surface area contributed by atoms with Crippen molar-refractivity contribution in [3.8, 4) is 0 Å². The highest BCUT2D eigenvalue weighted by atomic mass is 16.4. The van der Waals surface area contributed by atoms with Gasteiger partial charge in [0.1, 0.15) is 0 Å². The molecule has 2 nitrogen and oxygen atoms in total. The molecule has 0 aliphatic rings. The first-order valence-corrected chi connectivity index (χ1v) is 5.43. The van der Waals surface area contributed by atoms with Gasteiger partial charge in [0, 0.05) is 0 Å². The van der Waals surface area contributed by atoms with Crippen molar-refractivity contribution in [2.24, 2.45) is 0 Å². The van der Waals surface area contributed by atoms with Crippen LogP contribution in [0.3, 0.4) is 0 Å². The topological polar surface area (TPSA) is 37.3 Å². The molecule has 2 rings (SSSR count). The van der Waals surface area contributed by atoms with Crippen LogP contribution in [0.1, 0.15) is 18.1 Å². The van der Waals surface area contributed by atoms with E-state index in [1.807, 2.05) is 24.3 Å². The van der Waals surface area contributed by atoms with Crippen LogP contribution in [-0.2, 0) is 17.6 Å². The summed E-state index contributed by atoms with van der Waals surface area (Å²) in [6, 6.07) is 11.9. The van der Waals surface area contributed by atoms with Crippen molar-refractivity contribution in [1.29, 1.82) is 0 Å². The van der Waals surface area contributed by atoms with E-state index < -0.39 is 5.97 Å². The van der Waals surface area contributed by atoms with Gasteiger partial charge in [0.2, 0.25) is 0 Å². The van der Waals surface area contributed by atoms with E-state index in [9.17, 15) is 4.79 Å². The van der Waals surface area contributed by atoms with Crippen LogP contribution < -0.4 is 0 Å². The van der Waals surface area contributed by atoms with Gasteiger partial charge in [0.25, 0.3) is 0 Å². The Balaban J connectivity index is 2.64. The third kappa shape index (κ3) is 1.91. The normalized spacial score (nSPS) is 10.6. The van der Waals surface area contributed by atoms with Gasteiger partial charge in [-0.25, -0.2) is 0 Å². The monoisotopic (exact) mass is 214 g/mol. The second-order valence-electron chi connectivity index (χ2n) is 3.85. The molecule has 2 aromatic carbocycles. The molecule has 0 amide bonds. The Morgan fingerprint density at radius 2 is 1.62 bits per heavy atom. The largest absolute Gasteiger partial charge is 0.481 e. The Kier molecular flexibility index (Phi) is 2.91. The van der Waals surface area contributed by atoms with Crippen LogP contribution in [0, 0.1) is 0 Å². The number of carboxylic acid groups (broad SMARTS) is 1. The first-order valence-electron chi connectivity index (χ1n) is 5.43. The van der Waals surface area contributed by atoms with Gasteiger partial charge in [-0.1, -0.05) is 43.3 Å². The Morgan fingerprint density at radius 1 is 1.06 bits per heavy atom. The van der Waals surface area contributed by atoms with Crippen LogP contribution in [0.2, 0.25) is 0 Å². The molecular formula is C14H14O2. The predicted octanol–water partition coefficient (Wildman–Crippen LogP) is 3.03. The second-order valence-corrected chi connectivity index (χ2v) is 3.85. The van der Waals surface area contributed by atoms with Crippen molar-refractivity contribution in [2.75, 3.05) is 0 Å². The lowest BCUT2D eigenvalue weighted by Crippen LogP contribution is -2.00. The van der Waals surface area contributed by atoms with Gasteiger partial charge in [-0.3, -0.25) is 4.79 Å². The average Bonchev–Trinajstić information content (AvgIpc) is 2.28. The Morgan fingerprint density at radius 3 is 2.19 bits per heavy atom. The van der Waals surface area contributed by atoms with Crippen molar-refractivity contribution >= 4 is 16.7 Å². The van der Waals surface area contributed by atoms with Crippen molar-refractivity contribution in [3.05, 3.63) is 47.5 Å². The first kappa shape index (κ1) is 10.7. The van der Waals surface area contributed by atoms with E-state index in [-0.39, 0.29) is 6.42 Å². The minimum absolute atomic E-state index is 0.0878. The van der Waals surface area contributed by atoms with Gasteiger partial charge in [-0.05, 0) is 28.3 Å². The van der Waals surface area contributed by atoms with E-state index in [1.54, 1.807) is 0 Å². The number of aryl methyl sites for hydroxylation is 1. The molecule has 0 aliphatic heterocycles. The fourth-order valence-electron chi connectivity index (χ4n) is 2.07. The molecule has 0 fully saturated rings. The maximum atomic E-state index is 10.8. The highest BCUT2D eigenvalue weighted by Crippen LogP contribution is 2.23. The minimum atomic E-state index is -0.783. The maximum absolute atomic E-state index is 10.8. The van der Waals surface area contributed by atoms with E-state index in [0.717, 1.165) is 17.4 Å². The van der Waals surface area contributed by atoms with Crippen LogP contribution >= 0.6 is 0 Å². The number of carbonyl (C=O) groups is 1. The predicted molar refractivity (Wildman–Crippen MR) is 64.7 cm³/mol. The molecule has 0 atom stereocenters. The van der Waals surface area contributed by atoms with Crippen molar-refractivity contribution < 1.29 is 9.90 Å². The third-order valence-electron chi connectivity index (χ3n) is 2.83. The lowest BCUT2D eigenvalue weighted by molar-refractivity contribution is -0.136. The van der Waals surface area contributed by atoms with Gasteiger partial charge in [0.05, 0.1) is 6.42 Å². The molecule has 0 spiro atoms. The molecular weight excluding hydrogens is 200 g/mol. The molecule has 1 N–H and O–H groups in total. The molecule has 0 unspecified atom stereocenters. The summed E-state index contributed by atoms with van der Waals surface area (Å²) in [6.07, 6.45) is 1.05. The van der Waals surface area contributed by atoms with Crippen LogP contribution in [0.15, 0.2) is 36.4 Å². The maximum Gasteiger partial charge on any atom is 0.307 e. The lowest BCUT2D eigenvalue weighted by atomic mass is 9.97. The molecule has 82 valence electrons. The van der Waals surface area contributed by atoms with Crippen molar-refractivity contribution in [2.45, 2.75) is 19.8 Å². The first-order chi connectivity index (χ1) is 7.72. The summed E-state index contributed by atoms with van der Waals surface area (Å²) in [4.78, 5) is 10.8. The van der Waals surface area contributed by atoms with E-state index in [1.165, 1.54) is 10.9 Å².